The summed E-state index contributed by atoms with van der Waals surface area (Å²) in [6.45, 7) is 0.0974. The van der Waals surface area contributed by atoms with Gasteiger partial charge < -0.3 is 9.47 Å². The second-order valence-corrected chi connectivity index (χ2v) is 4.47. The molecule has 0 bridgehead atoms. The molecule has 96 valence electrons. The quantitative estimate of drug-likeness (QED) is 0.786. The molecule has 2 aromatic rings. The Balaban J connectivity index is 2.21. The minimum Gasteiger partial charge on any atom is -0.454 e. The van der Waals surface area contributed by atoms with Gasteiger partial charge in [-0.2, -0.15) is 0 Å². The van der Waals surface area contributed by atoms with Crippen LogP contribution in [0.5, 0.6) is 11.5 Å². The van der Waals surface area contributed by atoms with E-state index in [4.69, 9.17) is 21.1 Å². The number of aldehydes is 1. The molecule has 0 saturated carbocycles. The monoisotopic (exact) mass is 278 g/mol. The lowest BCUT2D eigenvalue weighted by Gasteiger charge is -2.08. The second kappa shape index (κ2) is 4.55. The number of ether oxygens (including phenoxy) is 2. The van der Waals surface area contributed by atoms with Crippen molar-refractivity contribution in [3.05, 3.63) is 46.7 Å². The lowest BCUT2D eigenvalue weighted by Crippen LogP contribution is -1.92. The lowest BCUT2D eigenvalue weighted by molar-refractivity contribution is 0.112. The molecule has 3 nitrogen and oxygen atoms in total. The molecule has 0 radical (unpaired) electrons. The van der Waals surface area contributed by atoms with Gasteiger partial charge in [0.2, 0.25) is 6.79 Å². The van der Waals surface area contributed by atoms with E-state index in [0.29, 0.717) is 39.5 Å². The topological polar surface area (TPSA) is 35.5 Å². The summed E-state index contributed by atoms with van der Waals surface area (Å²) in [6.07, 6.45) is 0.658. The van der Waals surface area contributed by atoms with E-state index in [2.05, 4.69) is 0 Å². The van der Waals surface area contributed by atoms with E-state index < -0.39 is 5.82 Å². The Kier molecular flexibility index (Phi) is 2.87. The highest BCUT2D eigenvalue weighted by molar-refractivity contribution is 6.30. The number of hydrogen-bond donors (Lipinski definition) is 0. The van der Waals surface area contributed by atoms with Gasteiger partial charge in [0.15, 0.2) is 17.8 Å². The molecule has 0 spiro atoms. The third-order valence-corrected chi connectivity index (χ3v) is 3.13. The molecule has 0 unspecified atom stereocenters. The van der Waals surface area contributed by atoms with Gasteiger partial charge in [0.25, 0.3) is 0 Å². The van der Waals surface area contributed by atoms with E-state index in [1.807, 2.05) is 0 Å². The number of halogens is 2. The molecule has 0 N–H and O–H groups in total. The molecule has 0 atom stereocenters. The largest absolute Gasteiger partial charge is 0.454 e. The minimum atomic E-state index is -0.491. The van der Waals surface area contributed by atoms with Gasteiger partial charge >= 0.3 is 0 Å². The van der Waals surface area contributed by atoms with Crippen molar-refractivity contribution in [2.24, 2.45) is 0 Å². The number of carbonyl (C=O) groups excluding carboxylic acids is 1. The number of benzene rings is 2. The first-order chi connectivity index (χ1) is 9.19. The Morgan fingerprint density at radius 2 is 1.84 bits per heavy atom. The third-order valence-electron chi connectivity index (χ3n) is 2.89. The SMILES string of the molecule is O=Cc1cc2c(cc1-c1ccc(Cl)cc1F)OCO2. The zero-order valence-corrected chi connectivity index (χ0v) is 10.4. The molecule has 1 heterocycles. The van der Waals surface area contributed by atoms with Crippen molar-refractivity contribution in [3.63, 3.8) is 0 Å². The normalized spacial score (nSPS) is 12.5. The van der Waals surface area contributed by atoms with Gasteiger partial charge in [0.05, 0.1) is 0 Å². The first-order valence-corrected chi connectivity index (χ1v) is 5.91. The minimum absolute atomic E-state index is 0.0974. The fourth-order valence-corrected chi connectivity index (χ4v) is 2.16. The van der Waals surface area contributed by atoms with Gasteiger partial charge in [-0.25, -0.2) is 4.39 Å². The molecule has 19 heavy (non-hydrogen) atoms. The third kappa shape index (κ3) is 2.04. The van der Waals surface area contributed by atoms with Crippen molar-refractivity contribution in [1.29, 1.82) is 0 Å². The van der Waals surface area contributed by atoms with Crippen molar-refractivity contribution in [3.8, 4) is 22.6 Å². The van der Waals surface area contributed by atoms with Crippen molar-refractivity contribution in [1.82, 2.24) is 0 Å². The molecular weight excluding hydrogens is 271 g/mol. The molecule has 5 heteroatoms. The van der Waals surface area contributed by atoms with E-state index in [9.17, 15) is 9.18 Å². The predicted octanol–water partition coefficient (Wildman–Crippen LogP) is 3.69. The van der Waals surface area contributed by atoms with Crippen molar-refractivity contribution >= 4 is 17.9 Å². The zero-order chi connectivity index (χ0) is 13.4. The Bertz CT molecular complexity index is 670. The highest BCUT2D eigenvalue weighted by Gasteiger charge is 2.19. The van der Waals surface area contributed by atoms with Crippen LogP contribution < -0.4 is 9.47 Å². The molecule has 0 aromatic heterocycles. The zero-order valence-electron chi connectivity index (χ0n) is 9.65. The Labute approximate surface area is 113 Å². The van der Waals surface area contributed by atoms with Crippen molar-refractivity contribution in [2.45, 2.75) is 0 Å². The number of carbonyl (C=O) groups is 1. The van der Waals surface area contributed by atoms with Crippen LogP contribution in [0.25, 0.3) is 11.1 Å². The van der Waals surface area contributed by atoms with Gasteiger partial charge in [0, 0.05) is 16.1 Å². The van der Waals surface area contributed by atoms with E-state index in [-0.39, 0.29) is 6.79 Å². The van der Waals surface area contributed by atoms with E-state index in [1.54, 1.807) is 18.2 Å². The molecule has 0 amide bonds. The maximum Gasteiger partial charge on any atom is 0.231 e. The van der Waals surface area contributed by atoms with Crippen LogP contribution in [0.2, 0.25) is 5.02 Å². The summed E-state index contributed by atoms with van der Waals surface area (Å²) in [5.74, 6) is 0.490. The maximum absolute atomic E-state index is 13.9. The van der Waals surface area contributed by atoms with Gasteiger partial charge in [-0.1, -0.05) is 11.6 Å². The Hall–Kier alpha value is -2.07. The van der Waals surface area contributed by atoms with Crippen LogP contribution >= 0.6 is 11.6 Å². The first kappa shape index (κ1) is 12.0. The summed E-state index contributed by atoms with van der Waals surface area (Å²) >= 11 is 5.72. The molecule has 2 aromatic carbocycles. The molecular formula is C14H8ClFO3. The van der Waals surface area contributed by atoms with Crippen LogP contribution in [0.4, 0.5) is 4.39 Å². The van der Waals surface area contributed by atoms with E-state index in [1.165, 1.54) is 12.1 Å². The second-order valence-electron chi connectivity index (χ2n) is 4.03. The maximum atomic E-state index is 13.9. The summed E-state index contributed by atoms with van der Waals surface area (Å²) in [6, 6.07) is 7.44. The molecule has 1 aliphatic rings. The summed E-state index contributed by atoms with van der Waals surface area (Å²) in [7, 11) is 0. The highest BCUT2D eigenvalue weighted by atomic mass is 35.5. The first-order valence-electron chi connectivity index (χ1n) is 5.53. The average Bonchev–Trinajstić information content (AvgIpc) is 2.84. The van der Waals surface area contributed by atoms with Crippen LogP contribution in [-0.4, -0.2) is 13.1 Å². The van der Waals surface area contributed by atoms with Gasteiger partial charge in [0.1, 0.15) is 5.82 Å². The van der Waals surface area contributed by atoms with E-state index in [0.717, 1.165) is 0 Å². The van der Waals surface area contributed by atoms with Crippen LogP contribution in [0.3, 0.4) is 0 Å². The van der Waals surface area contributed by atoms with Gasteiger partial charge in [-0.3, -0.25) is 4.79 Å². The molecule has 1 aliphatic heterocycles. The van der Waals surface area contributed by atoms with E-state index >= 15 is 0 Å². The van der Waals surface area contributed by atoms with Crippen molar-refractivity contribution in [2.75, 3.05) is 6.79 Å². The Morgan fingerprint density at radius 3 is 2.53 bits per heavy atom. The summed E-state index contributed by atoms with van der Waals surface area (Å²) in [5, 5.41) is 0.301. The Morgan fingerprint density at radius 1 is 1.11 bits per heavy atom. The summed E-state index contributed by atoms with van der Waals surface area (Å²) in [5.41, 5.74) is 1.09. The molecule has 0 fully saturated rings. The van der Waals surface area contributed by atoms with Crippen LogP contribution in [0.1, 0.15) is 10.4 Å². The fourth-order valence-electron chi connectivity index (χ4n) is 2.00. The molecule has 3 rings (SSSR count). The standard InChI is InChI=1S/C14H8ClFO3/c15-9-1-2-10(12(16)4-9)11-5-14-13(18-7-19-14)3-8(11)6-17/h1-6H,7H2. The fraction of sp³-hybridized carbons (Fsp3) is 0.0714. The smallest absolute Gasteiger partial charge is 0.231 e. The van der Waals surface area contributed by atoms with Crippen molar-refractivity contribution < 1.29 is 18.7 Å². The van der Waals surface area contributed by atoms with Crippen LogP contribution in [0, 0.1) is 5.82 Å². The number of fused-ring (bicyclic) bond motifs is 1. The lowest BCUT2D eigenvalue weighted by atomic mass is 9.99. The summed E-state index contributed by atoms with van der Waals surface area (Å²) < 4.78 is 24.4. The average molecular weight is 279 g/mol. The number of hydrogen-bond acceptors (Lipinski definition) is 3. The van der Waals surface area contributed by atoms with Crippen LogP contribution in [-0.2, 0) is 0 Å². The summed E-state index contributed by atoms with van der Waals surface area (Å²) in [4.78, 5) is 11.1. The highest BCUT2D eigenvalue weighted by Crippen LogP contribution is 2.39. The van der Waals surface area contributed by atoms with Gasteiger partial charge in [-0.15, -0.1) is 0 Å². The predicted molar refractivity (Wildman–Crippen MR) is 68.4 cm³/mol. The van der Waals surface area contributed by atoms with Gasteiger partial charge in [-0.05, 0) is 35.9 Å². The molecule has 0 saturated heterocycles. The van der Waals surface area contributed by atoms with Crippen LogP contribution in [0.15, 0.2) is 30.3 Å². The number of rotatable bonds is 2. The molecule has 0 aliphatic carbocycles.